The average Bonchev–Trinajstić information content (AvgIpc) is 2.79. The van der Waals surface area contributed by atoms with Crippen molar-refractivity contribution in [2.24, 2.45) is 0 Å². The molecule has 0 aromatic heterocycles. The number of amides is 1. The number of carbonyl (C=O) groups excluding carboxylic acids is 1. The van der Waals surface area contributed by atoms with Gasteiger partial charge in [0.25, 0.3) is 0 Å². The molecule has 2 aliphatic heterocycles. The smallest absolute Gasteiger partial charge is 0.226 e. The highest BCUT2D eigenvalue weighted by atomic mass is 16.2. The molecule has 3 nitrogen and oxygen atoms in total. The number of hydrogen-bond donors (Lipinski definition) is 1. The molecule has 0 aliphatic carbocycles. The number of rotatable bonds is 3. The van der Waals surface area contributed by atoms with E-state index in [0.717, 1.165) is 18.4 Å². The van der Waals surface area contributed by atoms with Gasteiger partial charge in [-0.25, -0.2) is 0 Å². The molecule has 1 N–H and O–H groups in total. The lowest BCUT2D eigenvalue weighted by Gasteiger charge is -2.35. The van der Waals surface area contributed by atoms with Crippen LogP contribution >= 0.6 is 0 Å². The van der Waals surface area contributed by atoms with E-state index in [1.807, 2.05) is 24.1 Å². The predicted octanol–water partition coefficient (Wildman–Crippen LogP) is 2.28. The van der Waals surface area contributed by atoms with Crippen LogP contribution in [0.25, 0.3) is 0 Å². The van der Waals surface area contributed by atoms with Gasteiger partial charge in [0.15, 0.2) is 0 Å². The molecule has 3 rings (SSSR count). The van der Waals surface area contributed by atoms with E-state index >= 15 is 0 Å². The lowest BCUT2D eigenvalue weighted by atomic mass is 9.97. The molecule has 0 spiro atoms. The Hall–Kier alpha value is -1.35. The van der Waals surface area contributed by atoms with Gasteiger partial charge in [-0.3, -0.25) is 4.79 Å². The lowest BCUT2D eigenvalue weighted by Crippen LogP contribution is -2.49. The van der Waals surface area contributed by atoms with Gasteiger partial charge < -0.3 is 10.2 Å². The van der Waals surface area contributed by atoms with Crippen LogP contribution in [0, 0.1) is 6.92 Å². The SMILES string of the molecule is Cc1ccccc1CC(=O)N(C)C1CC2CCC(C1)N2. The molecule has 108 valence electrons. The molecule has 2 unspecified atom stereocenters. The van der Waals surface area contributed by atoms with Crippen LogP contribution in [-0.4, -0.2) is 36.0 Å². The number of fused-ring (bicyclic) bond motifs is 2. The van der Waals surface area contributed by atoms with Gasteiger partial charge in [-0.05, 0) is 43.7 Å². The molecule has 3 heteroatoms. The van der Waals surface area contributed by atoms with Gasteiger partial charge in [0.1, 0.15) is 0 Å². The normalized spacial score (nSPS) is 28.4. The quantitative estimate of drug-likeness (QED) is 0.915. The summed E-state index contributed by atoms with van der Waals surface area (Å²) < 4.78 is 0. The molecule has 0 radical (unpaired) electrons. The number of aryl methyl sites for hydroxylation is 1. The van der Waals surface area contributed by atoms with Crippen molar-refractivity contribution in [3.8, 4) is 0 Å². The molecule has 2 fully saturated rings. The first-order valence-electron chi connectivity index (χ1n) is 7.69. The van der Waals surface area contributed by atoms with Crippen LogP contribution < -0.4 is 5.32 Å². The molecule has 1 aromatic rings. The lowest BCUT2D eigenvalue weighted by molar-refractivity contribution is -0.131. The van der Waals surface area contributed by atoms with E-state index in [1.54, 1.807) is 0 Å². The minimum atomic E-state index is 0.255. The maximum atomic E-state index is 12.5. The van der Waals surface area contributed by atoms with Crippen molar-refractivity contribution in [2.45, 2.75) is 57.2 Å². The number of likely N-dealkylation sites (N-methyl/N-ethyl adjacent to an activating group) is 1. The second kappa shape index (κ2) is 5.57. The number of nitrogens with zero attached hydrogens (tertiary/aromatic N) is 1. The van der Waals surface area contributed by atoms with Crippen molar-refractivity contribution < 1.29 is 4.79 Å². The maximum Gasteiger partial charge on any atom is 0.226 e. The largest absolute Gasteiger partial charge is 0.342 e. The van der Waals surface area contributed by atoms with Crippen LogP contribution in [0.4, 0.5) is 0 Å². The van der Waals surface area contributed by atoms with Gasteiger partial charge in [0.05, 0.1) is 6.42 Å². The Morgan fingerprint density at radius 3 is 2.55 bits per heavy atom. The van der Waals surface area contributed by atoms with Gasteiger partial charge in [0.2, 0.25) is 5.91 Å². The van der Waals surface area contributed by atoms with Gasteiger partial charge in [0, 0.05) is 25.2 Å². The first kappa shape index (κ1) is 13.6. The van der Waals surface area contributed by atoms with Gasteiger partial charge >= 0.3 is 0 Å². The van der Waals surface area contributed by atoms with E-state index in [0.29, 0.717) is 24.5 Å². The van der Waals surface area contributed by atoms with Gasteiger partial charge in [-0.2, -0.15) is 0 Å². The van der Waals surface area contributed by atoms with Crippen LogP contribution in [0.5, 0.6) is 0 Å². The van der Waals surface area contributed by atoms with E-state index in [1.165, 1.54) is 18.4 Å². The molecule has 2 saturated heterocycles. The van der Waals surface area contributed by atoms with Crippen molar-refractivity contribution >= 4 is 5.91 Å². The minimum Gasteiger partial charge on any atom is -0.342 e. The first-order chi connectivity index (χ1) is 9.63. The zero-order valence-corrected chi connectivity index (χ0v) is 12.4. The summed E-state index contributed by atoms with van der Waals surface area (Å²) in [6.45, 7) is 2.08. The van der Waals surface area contributed by atoms with Crippen LogP contribution in [0.15, 0.2) is 24.3 Å². The van der Waals surface area contributed by atoms with Crippen molar-refractivity contribution in [1.82, 2.24) is 10.2 Å². The van der Waals surface area contributed by atoms with Crippen LogP contribution in [0.1, 0.15) is 36.8 Å². The van der Waals surface area contributed by atoms with Crippen LogP contribution in [0.3, 0.4) is 0 Å². The summed E-state index contributed by atoms with van der Waals surface area (Å²) in [7, 11) is 1.98. The van der Waals surface area contributed by atoms with Crippen LogP contribution in [0.2, 0.25) is 0 Å². The summed E-state index contributed by atoms with van der Waals surface area (Å²) in [6, 6.07) is 9.86. The number of nitrogens with one attached hydrogen (secondary N) is 1. The molecular formula is C17H24N2O. The summed E-state index contributed by atoms with van der Waals surface area (Å²) in [4.78, 5) is 14.5. The third kappa shape index (κ3) is 2.73. The third-order valence-corrected chi connectivity index (χ3v) is 4.99. The summed E-state index contributed by atoms with van der Waals surface area (Å²) in [5.41, 5.74) is 2.36. The Labute approximate surface area is 121 Å². The molecule has 20 heavy (non-hydrogen) atoms. The number of hydrogen-bond acceptors (Lipinski definition) is 2. The first-order valence-corrected chi connectivity index (χ1v) is 7.69. The van der Waals surface area contributed by atoms with Crippen molar-refractivity contribution in [3.63, 3.8) is 0 Å². The monoisotopic (exact) mass is 272 g/mol. The topological polar surface area (TPSA) is 32.3 Å². The number of piperidine rings is 1. The van der Waals surface area contributed by atoms with E-state index in [9.17, 15) is 4.79 Å². The predicted molar refractivity (Wildman–Crippen MR) is 80.6 cm³/mol. The molecule has 2 aliphatic rings. The van der Waals surface area contributed by atoms with Gasteiger partial charge in [-0.1, -0.05) is 24.3 Å². The Balaban J connectivity index is 1.63. The summed E-state index contributed by atoms with van der Waals surface area (Å²) >= 11 is 0. The number of benzene rings is 1. The third-order valence-electron chi connectivity index (χ3n) is 4.99. The highest BCUT2D eigenvalue weighted by Crippen LogP contribution is 2.29. The molecular weight excluding hydrogens is 248 g/mol. The molecule has 1 amide bonds. The van der Waals surface area contributed by atoms with Crippen molar-refractivity contribution in [1.29, 1.82) is 0 Å². The van der Waals surface area contributed by atoms with Gasteiger partial charge in [-0.15, -0.1) is 0 Å². The zero-order valence-electron chi connectivity index (χ0n) is 12.4. The summed E-state index contributed by atoms with van der Waals surface area (Å²) in [5.74, 6) is 0.255. The van der Waals surface area contributed by atoms with Crippen molar-refractivity contribution in [2.75, 3.05) is 7.05 Å². The second-order valence-electron chi connectivity index (χ2n) is 6.37. The molecule has 2 bridgehead atoms. The molecule has 1 aromatic carbocycles. The fourth-order valence-corrected chi connectivity index (χ4v) is 3.64. The average molecular weight is 272 g/mol. The van der Waals surface area contributed by atoms with E-state index in [-0.39, 0.29) is 5.91 Å². The highest BCUT2D eigenvalue weighted by Gasteiger charge is 2.36. The van der Waals surface area contributed by atoms with Crippen LogP contribution in [-0.2, 0) is 11.2 Å². The highest BCUT2D eigenvalue weighted by molar-refractivity contribution is 5.79. The zero-order chi connectivity index (χ0) is 14.1. The Bertz CT molecular complexity index is 488. The van der Waals surface area contributed by atoms with E-state index < -0.39 is 0 Å². The second-order valence-corrected chi connectivity index (χ2v) is 6.37. The Morgan fingerprint density at radius 2 is 1.90 bits per heavy atom. The minimum absolute atomic E-state index is 0.255. The summed E-state index contributed by atoms with van der Waals surface area (Å²) in [6.07, 6.45) is 5.32. The fourth-order valence-electron chi connectivity index (χ4n) is 3.64. The Morgan fingerprint density at radius 1 is 1.25 bits per heavy atom. The summed E-state index contributed by atoms with van der Waals surface area (Å²) in [5, 5.41) is 3.63. The van der Waals surface area contributed by atoms with E-state index in [2.05, 4.69) is 24.4 Å². The van der Waals surface area contributed by atoms with Crippen molar-refractivity contribution in [3.05, 3.63) is 35.4 Å². The standard InChI is InChI=1S/C17H24N2O/c1-12-5-3-4-6-13(12)9-17(20)19(2)16-10-14-7-8-15(11-16)18-14/h3-6,14-16,18H,7-11H2,1-2H3. The Kier molecular flexibility index (Phi) is 3.79. The molecule has 0 saturated carbocycles. The maximum absolute atomic E-state index is 12.5. The molecule has 2 heterocycles. The number of carbonyl (C=O) groups is 1. The van der Waals surface area contributed by atoms with E-state index in [4.69, 9.17) is 0 Å². The molecule has 2 atom stereocenters. The fraction of sp³-hybridized carbons (Fsp3) is 0.588.